The van der Waals surface area contributed by atoms with Gasteiger partial charge in [0.2, 0.25) is 0 Å². The summed E-state index contributed by atoms with van der Waals surface area (Å²) in [6.45, 7) is 1.97. The summed E-state index contributed by atoms with van der Waals surface area (Å²) in [6, 6.07) is 10.2. The van der Waals surface area contributed by atoms with Crippen LogP contribution in [0.15, 0.2) is 52.6 Å². The van der Waals surface area contributed by atoms with Crippen molar-refractivity contribution >= 4 is 17.3 Å². The number of aryl methyl sites for hydroxylation is 1. The summed E-state index contributed by atoms with van der Waals surface area (Å²) in [5, 5.41) is 27.4. The third-order valence-electron chi connectivity index (χ3n) is 4.53. The first-order valence-corrected chi connectivity index (χ1v) is 9.11. The smallest absolute Gasteiger partial charge is 0.124 e. The highest BCUT2D eigenvalue weighted by atomic mass is 32.2. The summed E-state index contributed by atoms with van der Waals surface area (Å²) in [4.78, 5) is 1.36. The molecule has 0 N–H and O–H groups in total. The maximum Gasteiger partial charge on any atom is 0.124 e. The lowest BCUT2D eigenvalue weighted by molar-refractivity contribution is 0.626. The molecule has 0 spiro atoms. The van der Waals surface area contributed by atoms with Crippen LogP contribution in [0.3, 0.4) is 0 Å². The maximum atomic E-state index is 13.5. The minimum absolute atomic E-state index is 0.240. The first-order chi connectivity index (χ1) is 13.5. The zero-order chi connectivity index (χ0) is 19.8. The number of halogens is 1. The van der Waals surface area contributed by atoms with E-state index in [1.54, 1.807) is 21.5 Å². The van der Waals surface area contributed by atoms with Crippen molar-refractivity contribution in [3.05, 3.63) is 65.5 Å². The molecule has 0 saturated heterocycles. The fourth-order valence-corrected chi connectivity index (χ4v) is 4.04. The molecule has 4 rings (SSSR count). The SMILES string of the molecule is Cc1c(-c2cc(Sc3ccc(F)cc3C#N)c3c(C#N)cnn3c2)cnn1C. The molecule has 0 unspecified atom stereocenters. The lowest BCUT2D eigenvalue weighted by Gasteiger charge is -2.10. The van der Waals surface area contributed by atoms with Crippen LogP contribution in [-0.4, -0.2) is 19.4 Å². The summed E-state index contributed by atoms with van der Waals surface area (Å²) in [5.41, 5.74) is 4.13. The fourth-order valence-electron chi connectivity index (χ4n) is 2.97. The molecule has 6 nitrogen and oxygen atoms in total. The van der Waals surface area contributed by atoms with Crippen LogP contribution in [0.5, 0.6) is 0 Å². The van der Waals surface area contributed by atoms with Crippen molar-refractivity contribution < 1.29 is 4.39 Å². The number of hydrogen-bond donors (Lipinski definition) is 0. The Morgan fingerprint density at radius 3 is 2.50 bits per heavy atom. The molecule has 0 amide bonds. The van der Waals surface area contributed by atoms with Gasteiger partial charge in [0.15, 0.2) is 0 Å². The number of rotatable bonds is 3. The molecule has 28 heavy (non-hydrogen) atoms. The minimum atomic E-state index is -0.465. The number of nitrogens with zero attached hydrogens (tertiary/aromatic N) is 6. The van der Waals surface area contributed by atoms with Gasteiger partial charge in [-0.05, 0) is 31.2 Å². The zero-order valence-electron chi connectivity index (χ0n) is 15.0. The zero-order valence-corrected chi connectivity index (χ0v) is 15.8. The Morgan fingerprint density at radius 1 is 1.04 bits per heavy atom. The van der Waals surface area contributed by atoms with Crippen LogP contribution in [0.2, 0.25) is 0 Å². The predicted molar refractivity (Wildman–Crippen MR) is 102 cm³/mol. The number of benzene rings is 1. The number of fused-ring (bicyclic) bond motifs is 1. The van der Waals surface area contributed by atoms with Crippen molar-refractivity contribution in [3.63, 3.8) is 0 Å². The number of aromatic nitrogens is 4. The van der Waals surface area contributed by atoms with Crippen LogP contribution >= 0.6 is 11.8 Å². The second kappa shape index (κ2) is 6.84. The summed E-state index contributed by atoms with van der Waals surface area (Å²) >= 11 is 1.30. The largest absolute Gasteiger partial charge is 0.272 e. The third kappa shape index (κ3) is 2.90. The Bertz CT molecular complexity index is 1300. The van der Waals surface area contributed by atoms with Crippen molar-refractivity contribution in [1.82, 2.24) is 19.4 Å². The molecule has 0 radical (unpaired) electrons. The summed E-state index contributed by atoms with van der Waals surface area (Å²) < 4.78 is 16.9. The molecule has 0 bridgehead atoms. The highest BCUT2D eigenvalue weighted by molar-refractivity contribution is 7.99. The highest BCUT2D eigenvalue weighted by Crippen LogP contribution is 2.37. The quantitative estimate of drug-likeness (QED) is 0.528. The fraction of sp³-hybridized carbons (Fsp3) is 0.100. The summed E-state index contributed by atoms with van der Waals surface area (Å²) in [7, 11) is 1.87. The molecule has 0 aliphatic rings. The van der Waals surface area contributed by atoms with Crippen LogP contribution in [-0.2, 0) is 7.05 Å². The lowest BCUT2D eigenvalue weighted by atomic mass is 10.1. The van der Waals surface area contributed by atoms with Crippen molar-refractivity contribution in [3.8, 4) is 23.3 Å². The van der Waals surface area contributed by atoms with Crippen molar-refractivity contribution in [2.45, 2.75) is 16.7 Å². The van der Waals surface area contributed by atoms with Gasteiger partial charge in [0.25, 0.3) is 0 Å². The second-order valence-electron chi connectivity index (χ2n) is 6.18. The van der Waals surface area contributed by atoms with E-state index in [1.807, 2.05) is 32.3 Å². The van der Waals surface area contributed by atoms with E-state index >= 15 is 0 Å². The van der Waals surface area contributed by atoms with Gasteiger partial charge < -0.3 is 0 Å². The number of hydrogen-bond acceptors (Lipinski definition) is 5. The molecule has 0 aliphatic heterocycles. The van der Waals surface area contributed by atoms with E-state index in [4.69, 9.17) is 0 Å². The molecule has 4 aromatic rings. The first kappa shape index (κ1) is 17.8. The Labute approximate surface area is 164 Å². The van der Waals surface area contributed by atoms with Crippen molar-refractivity contribution in [1.29, 1.82) is 10.5 Å². The molecule has 0 fully saturated rings. The van der Waals surface area contributed by atoms with Gasteiger partial charge in [0.1, 0.15) is 18.0 Å². The average molecular weight is 388 g/mol. The third-order valence-corrected chi connectivity index (χ3v) is 5.63. The molecule has 3 heterocycles. The van der Waals surface area contributed by atoms with Crippen LogP contribution in [0, 0.1) is 35.4 Å². The van der Waals surface area contributed by atoms with Crippen molar-refractivity contribution in [2.75, 3.05) is 0 Å². The molecule has 136 valence electrons. The number of pyridine rings is 1. The van der Waals surface area contributed by atoms with E-state index in [0.717, 1.165) is 21.7 Å². The minimum Gasteiger partial charge on any atom is -0.272 e. The summed E-state index contributed by atoms with van der Waals surface area (Å²) in [6.07, 6.45) is 5.13. The van der Waals surface area contributed by atoms with E-state index in [0.29, 0.717) is 16.0 Å². The topological polar surface area (TPSA) is 82.7 Å². The highest BCUT2D eigenvalue weighted by Gasteiger charge is 2.16. The van der Waals surface area contributed by atoms with Crippen LogP contribution < -0.4 is 0 Å². The van der Waals surface area contributed by atoms with E-state index in [-0.39, 0.29) is 5.56 Å². The Hall–Kier alpha value is -3.62. The van der Waals surface area contributed by atoms with Crippen LogP contribution in [0.25, 0.3) is 16.6 Å². The Morgan fingerprint density at radius 2 is 1.82 bits per heavy atom. The van der Waals surface area contributed by atoms with E-state index in [2.05, 4.69) is 16.3 Å². The van der Waals surface area contributed by atoms with Crippen LogP contribution in [0.1, 0.15) is 16.8 Å². The van der Waals surface area contributed by atoms with Crippen molar-refractivity contribution in [2.24, 2.45) is 7.05 Å². The second-order valence-corrected chi connectivity index (χ2v) is 7.26. The standard InChI is InChI=1S/C20H13FN6S/c1-12-17(10-24-26(12)2)14-6-19(20-15(8-23)9-25-27(20)11-14)28-18-4-3-16(21)5-13(18)7-22/h3-6,9-11H,1-2H3. The normalized spacial score (nSPS) is 10.8. The molecule has 0 atom stereocenters. The monoisotopic (exact) mass is 388 g/mol. The van der Waals surface area contributed by atoms with Gasteiger partial charge >= 0.3 is 0 Å². The van der Waals surface area contributed by atoms with Gasteiger partial charge in [-0.1, -0.05) is 11.8 Å². The average Bonchev–Trinajstić information content (AvgIpc) is 3.26. The van der Waals surface area contributed by atoms with Gasteiger partial charge in [0, 0.05) is 39.9 Å². The van der Waals surface area contributed by atoms with E-state index in [9.17, 15) is 14.9 Å². The van der Waals surface area contributed by atoms with Gasteiger partial charge in [-0.25, -0.2) is 8.91 Å². The summed E-state index contributed by atoms with van der Waals surface area (Å²) in [5.74, 6) is -0.465. The molecule has 8 heteroatoms. The molecular formula is C20H13FN6S. The van der Waals surface area contributed by atoms with Crippen LogP contribution in [0.4, 0.5) is 4.39 Å². The number of nitriles is 2. The van der Waals surface area contributed by atoms with E-state index in [1.165, 1.54) is 30.1 Å². The van der Waals surface area contributed by atoms with E-state index < -0.39 is 5.82 Å². The molecular weight excluding hydrogens is 375 g/mol. The maximum absolute atomic E-state index is 13.5. The molecule has 0 saturated carbocycles. The predicted octanol–water partition coefficient (Wildman–Crippen LogP) is 4.08. The lowest BCUT2D eigenvalue weighted by Crippen LogP contribution is -1.95. The Balaban J connectivity index is 1.93. The first-order valence-electron chi connectivity index (χ1n) is 8.29. The molecule has 3 aromatic heterocycles. The van der Waals surface area contributed by atoms with Gasteiger partial charge in [-0.15, -0.1) is 0 Å². The molecule has 0 aliphatic carbocycles. The van der Waals surface area contributed by atoms with Gasteiger partial charge in [-0.2, -0.15) is 20.7 Å². The van der Waals surface area contributed by atoms with Gasteiger partial charge in [0.05, 0.1) is 29.0 Å². The van der Waals surface area contributed by atoms with Gasteiger partial charge in [-0.3, -0.25) is 4.68 Å². The Kier molecular flexibility index (Phi) is 4.34. The molecule has 1 aromatic carbocycles.